The first-order chi connectivity index (χ1) is 9.74. The highest BCUT2D eigenvalue weighted by Gasteiger charge is 2.15. The van der Waals surface area contributed by atoms with Crippen LogP contribution in [0.3, 0.4) is 0 Å². The molecule has 3 rings (SSSR count). The van der Waals surface area contributed by atoms with Crippen LogP contribution in [0.5, 0.6) is 0 Å². The second-order valence-electron chi connectivity index (χ2n) is 4.96. The van der Waals surface area contributed by atoms with E-state index in [-0.39, 0.29) is 0 Å². The molecule has 0 spiro atoms. The Balaban J connectivity index is 1.76. The number of hydrogen-bond acceptors (Lipinski definition) is 3. The van der Waals surface area contributed by atoms with Crippen molar-refractivity contribution in [3.8, 4) is 0 Å². The molecule has 1 aliphatic carbocycles. The van der Waals surface area contributed by atoms with Gasteiger partial charge in [-0.2, -0.15) is 0 Å². The van der Waals surface area contributed by atoms with Gasteiger partial charge in [0.1, 0.15) is 12.1 Å². The fourth-order valence-electron chi connectivity index (χ4n) is 2.51. The summed E-state index contributed by atoms with van der Waals surface area (Å²) in [7, 11) is 0. The molecule has 0 atom stereocenters. The van der Waals surface area contributed by atoms with Crippen LogP contribution in [0.1, 0.15) is 29.7 Å². The van der Waals surface area contributed by atoms with Crippen LogP contribution in [-0.4, -0.2) is 9.97 Å². The van der Waals surface area contributed by atoms with E-state index in [0.717, 1.165) is 48.8 Å². The molecule has 1 aromatic heterocycles. The van der Waals surface area contributed by atoms with Crippen LogP contribution in [0.4, 0.5) is 14.6 Å². The second kappa shape index (κ2) is 5.53. The van der Waals surface area contributed by atoms with E-state index in [2.05, 4.69) is 15.3 Å². The van der Waals surface area contributed by atoms with Crippen LogP contribution in [0.2, 0.25) is 0 Å². The fraction of sp³-hybridized carbons (Fsp3) is 0.333. The Bertz CT molecular complexity index is 629. The molecule has 0 saturated carbocycles. The molecule has 0 radical (unpaired) electrons. The third kappa shape index (κ3) is 2.61. The number of benzene rings is 1. The van der Waals surface area contributed by atoms with Gasteiger partial charge in [0.15, 0.2) is 11.6 Å². The van der Waals surface area contributed by atoms with Gasteiger partial charge < -0.3 is 5.32 Å². The number of hydrogen-bond donors (Lipinski definition) is 1. The molecule has 1 heterocycles. The van der Waals surface area contributed by atoms with E-state index < -0.39 is 11.6 Å². The van der Waals surface area contributed by atoms with E-state index in [0.29, 0.717) is 12.1 Å². The Kier molecular flexibility index (Phi) is 3.58. The van der Waals surface area contributed by atoms with Gasteiger partial charge >= 0.3 is 0 Å². The number of rotatable bonds is 3. The van der Waals surface area contributed by atoms with Crippen molar-refractivity contribution in [2.24, 2.45) is 0 Å². The third-order valence-electron chi connectivity index (χ3n) is 3.57. The quantitative estimate of drug-likeness (QED) is 0.934. The van der Waals surface area contributed by atoms with E-state index in [1.165, 1.54) is 6.07 Å². The zero-order valence-electron chi connectivity index (χ0n) is 11.0. The molecule has 0 aliphatic heterocycles. The Morgan fingerprint density at radius 1 is 1.05 bits per heavy atom. The van der Waals surface area contributed by atoms with Crippen LogP contribution in [0.15, 0.2) is 24.5 Å². The van der Waals surface area contributed by atoms with Crippen LogP contribution in [0, 0.1) is 11.6 Å². The van der Waals surface area contributed by atoms with Gasteiger partial charge in [-0.3, -0.25) is 0 Å². The van der Waals surface area contributed by atoms with E-state index in [1.807, 2.05) is 0 Å². The van der Waals surface area contributed by atoms with Crippen molar-refractivity contribution >= 4 is 5.82 Å². The van der Waals surface area contributed by atoms with Gasteiger partial charge in [0.05, 0.1) is 0 Å². The highest BCUT2D eigenvalue weighted by molar-refractivity contribution is 5.47. The highest BCUT2D eigenvalue weighted by Crippen LogP contribution is 2.24. The molecule has 0 saturated heterocycles. The molecule has 1 aliphatic rings. The summed E-state index contributed by atoms with van der Waals surface area (Å²) < 4.78 is 26.0. The summed E-state index contributed by atoms with van der Waals surface area (Å²) in [6, 6.07) is 3.91. The van der Waals surface area contributed by atoms with Crippen molar-refractivity contribution in [2.75, 3.05) is 5.32 Å². The van der Waals surface area contributed by atoms with Crippen molar-refractivity contribution in [3.05, 3.63) is 53.0 Å². The van der Waals surface area contributed by atoms with Crippen molar-refractivity contribution in [1.82, 2.24) is 9.97 Å². The monoisotopic (exact) mass is 275 g/mol. The van der Waals surface area contributed by atoms with Crippen LogP contribution in [-0.2, 0) is 19.4 Å². The molecule has 1 N–H and O–H groups in total. The van der Waals surface area contributed by atoms with Gasteiger partial charge in [-0.05, 0) is 43.4 Å². The van der Waals surface area contributed by atoms with Crippen LogP contribution >= 0.6 is 0 Å². The maximum Gasteiger partial charge on any atom is 0.159 e. The molecule has 5 heteroatoms. The number of aromatic nitrogens is 2. The van der Waals surface area contributed by atoms with Gasteiger partial charge in [0.2, 0.25) is 0 Å². The Morgan fingerprint density at radius 2 is 1.90 bits per heavy atom. The van der Waals surface area contributed by atoms with E-state index in [1.54, 1.807) is 12.4 Å². The summed E-state index contributed by atoms with van der Waals surface area (Å²) in [6.07, 6.45) is 5.80. The lowest BCUT2D eigenvalue weighted by atomic mass is 9.96. The fourth-order valence-corrected chi connectivity index (χ4v) is 2.51. The number of fused-ring (bicyclic) bond motifs is 1. The maximum absolute atomic E-state index is 13.1. The van der Waals surface area contributed by atoms with Crippen LogP contribution in [0.25, 0.3) is 0 Å². The average molecular weight is 275 g/mol. The summed E-state index contributed by atoms with van der Waals surface area (Å²) in [5, 5.41) is 3.20. The molecule has 0 amide bonds. The lowest BCUT2D eigenvalue weighted by Crippen LogP contribution is -2.12. The smallest absolute Gasteiger partial charge is 0.159 e. The lowest BCUT2D eigenvalue weighted by Gasteiger charge is -2.18. The predicted molar refractivity (Wildman–Crippen MR) is 72.4 cm³/mol. The minimum absolute atomic E-state index is 0.417. The lowest BCUT2D eigenvalue weighted by molar-refractivity contribution is 0.507. The van der Waals surface area contributed by atoms with Gasteiger partial charge in [0.25, 0.3) is 0 Å². The minimum Gasteiger partial charge on any atom is -0.366 e. The van der Waals surface area contributed by atoms with Gasteiger partial charge in [0, 0.05) is 17.8 Å². The van der Waals surface area contributed by atoms with E-state index >= 15 is 0 Å². The number of aryl methyl sites for hydroxylation is 1. The summed E-state index contributed by atoms with van der Waals surface area (Å²) in [5.74, 6) is -0.846. The van der Waals surface area contributed by atoms with Crippen molar-refractivity contribution in [1.29, 1.82) is 0 Å². The first-order valence-corrected chi connectivity index (χ1v) is 6.74. The van der Waals surface area contributed by atoms with E-state index in [9.17, 15) is 8.78 Å². The molecule has 0 unspecified atom stereocenters. The normalized spacial score (nSPS) is 13.9. The SMILES string of the molecule is Fc1ccc(CNc2ncnc3c2CCCC3)cc1F. The third-order valence-corrected chi connectivity index (χ3v) is 3.57. The zero-order chi connectivity index (χ0) is 13.9. The number of anilines is 1. The predicted octanol–water partition coefficient (Wildman–Crippen LogP) is 3.25. The maximum atomic E-state index is 13.1. The number of nitrogens with one attached hydrogen (secondary N) is 1. The van der Waals surface area contributed by atoms with Crippen molar-refractivity contribution in [2.45, 2.75) is 32.2 Å². The highest BCUT2D eigenvalue weighted by atomic mass is 19.2. The number of nitrogens with zero attached hydrogens (tertiary/aromatic N) is 2. The summed E-state index contributed by atoms with van der Waals surface area (Å²) in [6.45, 7) is 0.417. The molecular formula is C15H15F2N3. The average Bonchev–Trinajstić information content (AvgIpc) is 2.48. The van der Waals surface area contributed by atoms with Gasteiger partial charge in [-0.1, -0.05) is 6.07 Å². The Labute approximate surface area is 116 Å². The molecule has 0 bridgehead atoms. The number of halogens is 2. The first kappa shape index (κ1) is 13.0. The zero-order valence-corrected chi connectivity index (χ0v) is 11.0. The van der Waals surface area contributed by atoms with Crippen LogP contribution < -0.4 is 5.32 Å². The molecule has 20 heavy (non-hydrogen) atoms. The molecule has 3 nitrogen and oxygen atoms in total. The van der Waals surface area contributed by atoms with Crippen molar-refractivity contribution < 1.29 is 8.78 Å². The van der Waals surface area contributed by atoms with Gasteiger partial charge in [-0.15, -0.1) is 0 Å². The Morgan fingerprint density at radius 3 is 2.75 bits per heavy atom. The second-order valence-corrected chi connectivity index (χ2v) is 4.96. The molecule has 104 valence electrons. The summed E-state index contributed by atoms with van der Waals surface area (Å²) in [5.41, 5.74) is 2.94. The molecule has 0 fully saturated rings. The molecule has 1 aromatic carbocycles. The summed E-state index contributed by atoms with van der Waals surface area (Å²) in [4.78, 5) is 8.56. The topological polar surface area (TPSA) is 37.8 Å². The molecule has 2 aromatic rings. The van der Waals surface area contributed by atoms with Gasteiger partial charge in [-0.25, -0.2) is 18.7 Å². The van der Waals surface area contributed by atoms with Crippen molar-refractivity contribution in [3.63, 3.8) is 0 Å². The van der Waals surface area contributed by atoms with E-state index in [4.69, 9.17) is 0 Å². The largest absolute Gasteiger partial charge is 0.366 e. The molecular weight excluding hydrogens is 260 g/mol. The Hall–Kier alpha value is -2.04. The summed E-state index contributed by atoms with van der Waals surface area (Å²) >= 11 is 0. The first-order valence-electron chi connectivity index (χ1n) is 6.74. The minimum atomic E-state index is -0.826. The standard InChI is InChI=1S/C15H15F2N3/c16-12-6-5-10(7-13(12)17)8-18-15-11-3-1-2-4-14(11)19-9-20-15/h5-7,9H,1-4,8H2,(H,18,19,20).